The fourth-order valence-corrected chi connectivity index (χ4v) is 4.01. The lowest BCUT2D eigenvalue weighted by molar-refractivity contribution is 0.0123. The van der Waals surface area contributed by atoms with Gasteiger partial charge in [0.1, 0.15) is 23.7 Å². The van der Waals surface area contributed by atoms with Crippen molar-refractivity contribution in [3.63, 3.8) is 0 Å². The van der Waals surface area contributed by atoms with E-state index in [1.54, 1.807) is 4.90 Å². The summed E-state index contributed by atoms with van der Waals surface area (Å²) in [5.41, 5.74) is 1.96. The SMILES string of the molecule is CC(C)(C)OC(=O)N1CCC(Oc2coc(CN3Cc4ccccc4C3)cc2=O)CC1. The Morgan fingerprint density at radius 3 is 2.35 bits per heavy atom. The topological polar surface area (TPSA) is 72.2 Å². The molecule has 0 N–H and O–H groups in total. The van der Waals surface area contributed by atoms with Crippen molar-refractivity contribution in [2.24, 2.45) is 0 Å². The molecule has 2 aliphatic rings. The van der Waals surface area contributed by atoms with E-state index in [0.29, 0.717) is 38.2 Å². The first-order valence-corrected chi connectivity index (χ1v) is 10.8. The maximum Gasteiger partial charge on any atom is 0.410 e. The number of carbonyl (C=O) groups excluding carboxylic acids is 1. The van der Waals surface area contributed by atoms with E-state index in [1.807, 2.05) is 32.9 Å². The summed E-state index contributed by atoms with van der Waals surface area (Å²) in [6.45, 7) is 8.93. The number of carbonyl (C=O) groups is 1. The molecule has 1 amide bonds. The van der Waals surface area contributed by atoms with Crippen LogP contribution in [0.2, 0.25) is 0 Å². The Labute approximate surface area is 182 Å². The molecule has 0 atom stereocenters. The first kappa shape index (κ1) is 21.4. The van der Waals surface area contributed by atoms with Gasteiger partial charge in [0, 0.05) is 45.1 Å². The number of rotatable bonds is 4. The average molecular weight is 427 g/mol. The van der Waals surface area contributed by atoms with Gasteiger partial charge in [-0.15, -0.1) is 0 Å². The van der Waals surface area contributed by atoms with Crippen LogP contribution in [0.5, 0.6) is 5.75 Å². The molecule has 4 rings (SSSR count). The number of likely N-dealkylation sites (tertiary alicyclic amines) is 1. The summed E-state index contributed by atoms with van der Waals surface area (Å²) >= 11 is 0. The van der Waals surface area contributed by atoms with Gasteiger partial charge in [0.05, 0.1) is 6.54 Å². The van der Waals surface area contributed by atoms with Crippen LogP contribution in [0.4, 0.5) is 4.79 Å². The highest BCUT2D eigenvalue weighted by Crippen LogP contribution is 2.24. The predicted molar refractivity (Wildman–Crippen MR) is 116 cm³/mol. The van der Waals surface area contributed by atoms with Gasteiger partial charge < -0.3 is 18.8 Å². The van der Waals surface area contributed by atoms with Crippen LogP contribution in [0.3, 0.4) is 0 Å². The van der Waals surface area contributed by atoms with Gasteiger partial charge in [-0.2, -0.15) is 0 Å². The molecule has 0 spiro atoms. The maximum absolute atomic E-state index is 12.5. The average Bonchev–Trinajstić information content (AvgIpc) is 3.11. The van der Waals surface area contributed by atoms with Crippen LogP contribution in [-0.2, 0) is 24.4 Å². The number of hydrogen-bond acceptors (Lipinski definition) is 6. The second-order valence-electron chi connectivity index (χ2n) is 9.27. The van der Waals surface area contributed by atoms with E-state index in [4.69, 9.17) is 13.9 Å². The van der Waals surface area contributed by atoms with Gasteiger partial charge in [0.15, 0.2) is 0 Å². The van der Waals surface area contributed by atoms with Crippen molar-refractivity contribution in [3.8, 4) is 5.75 Å². The van der Waals surface area contributed by atoms with Gasteiger partial charge >= 0.3 is 6.09 Å². The minimum absolute atomic E-state index is 0.125. The number of benzene rings is 1. The number of hydrogen-bond donors (Lipinski definition) is 0. The van der Waals surface area contributed by atoms with Crippen molar-refractivity contribution in [3.05, 3.63) is 63.7 Å². The summed E-state index contributed by atoms with van der Waals surface area (Å²) in [4.78, 5) is 28.7. The summed E-state index contributed by atoms with van der Waals surface area (Å²) < 4.78 is 17.0. The van der Waals surface area contributed by atoms with Gasteiger partial charge in [0.25, 0.3) is 0 Å². The summed E-state index contributed by atoms with van der Waals surface area (Å²) in [6, 6.07) is 9.89. The highest BCUT2D eigenvalue weighted by Gasteiger charge is 2.28. The summed E-state index contributed by atoms with van der Waals surface area (Å²) in [5, 5.41) is 0. The van der Waals surface area contributed by atoms with Gasteiger partial charge in [-0.25, -0.2) is 4.79 Å². The van der Waals surface area contributed by atoms with Crippen molar-refractivity contribution in [2.45, 2.75) is 65.0 Å². The largest absolute Gasteiger partial charge is 0.483 e. The van der Waals surface area contributed by atoms with Crippen LogP contribution in [0.15, 0.2) is 45.8 Å². The zero-order chi connectivity index (χ0) is 22.0. The molecule has 2 aliphatic heterocycles. The van der Waals surface area contributed by atoms with E-state index in [2.05, 4.69) is 17.0 Å². The molecule has 0 bridgehead atoms. The minimum Gasteiger partial charge on any atom is -0.483 e. The minimum atomic E-state index is -0.511. The molecule has 0 unspecified atom stereocenters. The summed E-state index contributed by atoms with van der Waals surface area (Å²) in [7, 11) is 0. The van der Waals surface area contributed by atoms with Crippen molar-refractivity contribution in [2.75, 3.05) is 13.1 Å². The van der Waals surface area contributed by atoms with E-state index >= 15 is 0 Å². The lowest BCUT2D eigenvalue weighted by atomic mass is 10.1. The third-order valence-electron chi connectivity index (χ3n) is 5.53. The number of ether oxygens (including phenoxy) is 2. The first-order chi connectivity index (χ1) is 14.8. The molecule has 7 heteroatoms. The highest BCUT2D eigenvalue weighted by molar-refractivity contribution is 5.68. The van der Waals surface area contributed by atoms with Crippen LogP contribution in [-0.4, -0.2) is 40.7 Å². The number of nitrogens with zero attached hydrogens (tertiary/aromatic N) is 2. The quantitative estimate of drug-likeness (QED) is 0.738. The molecule has 2 aromatic rings. The second kappa shape index (κ2) is 8.75. The van der Waals surface area contributed by atoms with Crippen molar-refractivity contribution in [1.29, 1.82) is 0 Å². The van der Waals surface area contributed by atoms with Crippen molar-refractivity contribution in [1.82, 2.24) is 9.80 Å². The van der Waals surface area contributed by atoms with E-state index in [-0.39, 0.29) is 23.4 Å². The zero-order valence-corrected chi connectivity index (χ0v) is 18.4. The highest BCUT2D eigenvalue weighted by atomic mass is 16.6. The maximum atomic E-state index is 12.5. The normalized spacial score (nSPS) is 17.5. The summed E-state index contributed by atoms with van der Waals surface area (Å²) in [5.74, 6) is 0.856. The molecular weight excluding hydrogens is 396 g/mol. The van der Waals surface area contributed by atoms with E-state index < -0.39 is 5.60 Å². The predicted octanol–water partition coefficient (Wildman–Crippen LogP) is 3.93. The first-order valence-electron chi connectivity index (χ1n) is 10.8. The van der Waals surface area contributed by atoms with Crippen LogP contribution >= 0.6 is 0 Å². The fourth-order valence-electron chi connectivity index (χ4n) is 4.01. The van der Waals surface area contributed by atoms with Crippen LogP contribution in [0, 0.1) is 0 Å². The fraction of sp³-hybridized carbons (Fsp3) is 0.500. The Kier molecular flexibility index (Phi) is 6.05. The van der Waals surface area contributed by atoms with Crippen LogP contribution < -0.4 is 10.2 Å². The van der Waals surface area contributed by atoms with Crippen molar-refractivity contribution >= 4 is 6.09 Å². The molecule has 3 heterocycles. The number of fused-ring (bicyclic) bond motifs is 1. The molecule has 0 radical (unpaired) electrons. The third-order valence-corrected chi connectivity index (χ3v) is 5.53. The third kappa shape index (κ3) is 5.47. The Hall–Kier alpha value is -2.80. The Bertz CT molecular complexity index is 961. The van der Waals surface area contributed by atoms with Gasteiger partial charge in [0.2, 0.25) is 11.2 Å². The van der Waals surface area contributed by atoms with Gasteiger partial charge in [-0.1, -0.05) is 24.3 Å². The second-order valence-corrected chi connectivity index (χ2v) is 9.27. The molecule has 0 saturated carbocycles. The molecule has 0 aliphatic carbocycles. The standard InChI is InChI=1S/C24H30N2O5/c1-24(2,3)31-23(28)26-10-8-19(9-11-26)30-22-16-29-20(12-21(22)27)15-25-13-17-6-4-5-7-18(17)14-25/h4-7,12,16,19H,8-11,13-15H2,1-3H3. The summed E-state index contributed by atoms with van der Waals surface area (Å²) in [6.07, 6.45) is 2.28. The Balaban J connectivity index is 1.29. The Morgan fingerprint density at radius 2 is 1.77 bits per heavy atom. The zero-order valence-electron chi connectivity index (χ0n) is 18.4. The monoisotopic (exact) mass is 426 g/mol. The van der Waals surface area contributed by atoms with Gasteiger partial charge in [-0.3, -0.25) is 9.69 Å². The van der Waals surface area contributed by atoms with E-state index in [0.717, 1.165) is 13.1 Å². The number of amides is 1. The van der Waals surface area contributed by atoms with Gasteiger partial charge in [-0.05, 0) is 31.9 Å². The number of piperidine rings is 1. The van der Waals surface area contributed by atoms with Crippen molar-refractivity contribution < 1.29 is 18.7 Å². The molecular formula is C24H30N2O5. The molecule has 1 saturated heterocycles. The molecule has 1 aromatic heterocycles. The van der Waals surface area contributed by atoms with E-state index in [9.17, 15) is 9.59 Å². The molecule has 166 valence electrons. The smallest absolute Gasteiger partial charge is 0.410 e. The molecule has 1 fully saturated rings. The molecule has 7 nitrogen and oxygen atoms in total. The lowest BCUT2D eigenvalue weighted by Crippen LogP contribution is -2.44. The lowest BCUT2D eigenvalue weighted by Gasteiger charge is -2.33. The molecule has 1 aromatic carbocycles. The van der Waals surface area contributed by atoms with Crippen LogP contribution in [0.25, 0.3) is 0 Å². The van der Waals surface area contributed by atoms with Crippen LogP contribution in [0.1, 0.15) is 50.5 Å². The Morgan fingerprint density at radius 1 is 1.13 bits per heavy atom. The molecule has 31 heavy (non-hydrogen) atoms. The van der Waals surface area contributed by atoms with E-state index in [1.165, 1.54) is 23.5 Å².